The molecule has 1 saturated heterocycles. The van der Waals surface area contributed by atoms with E-state index in [-0.39, 0.29) is 24.4 Å². The van der Waals surface area contributed by atoms with Crippen LogP contribution in [0.5, 0.6) is 0 Å². The molecule has 0 amide bonds. The van der Waals surface area contributed by atoms with Crippen molar-refractivity contribution in [3.8, 4) is 0 Å². The normalized spacial score (nSPS) is 22.8. The van der Waals surface area contributed by atoms with Crippen molar-refractivity contribution in [2.75, 3.05) is 12.9 Å². The molecule has 0 saturated carbocycles. The van der Waals surface area contributed by atoms with Gasteiger partial charge in [0.05, 0.1) is 18.8 Å². The summed E-state index contributed by atoms with van der Waals surface area (Å²) in [6.07, 6.45) is 3.10. The third kappa shape index (κ3) is 8.97. The van der Waals surface area contributed by atoms with Crippen LogP contribution in [0.1, 0.15) is 19.3 Å². The van der Waals surface area contributed by atoms with Gasteiger partial charge in [-0.1, -0.05) is 18.2 Å². The fourth-order valence-electron chi connectivity index (χ4n) is 3.21. The standard InChI is InChI=1S/C22H36O5SSi2/c1-24-21(27-30(5,6)7)15-18(23)16-22(17-28-19-11-9-8-10-12-19)14-13-20(25-22)26-29(2,3)4/h8-12,15,20H,13-14,16-17H2,1-7H3/b21-15-. The third-order valence-corrected chi connectivity index (χ3v) is 7.39. The molecule has 168 valence electrons. The van der Waals surface area contributed by atoms with Crippen molar-refractivity contribution in [3.63, 3.8) is 0 Å². The van der Waals surface area contributed by atoms with Gasteiger partial charge in [-0.05, 0) is 57.8 Å². The molecule has 2 rings (SSSR count). The molecule has 5 nitrogen and oxygen atoms in total. The van der Waals surface area contributed by atoms with Gasteiger partial charge in [0.15, 0.2) is 14.1 Å². The van der Waals surface area contributed by atoms with E-state index in [9.17, 15) is 4.79 Å². The van der Waals surface area contributed by atoms with Crippen molar-refractivity contribution in [1.29, 1.82) is 0 Å². The molecule has 2 unspecified atom stereocenters. The Morgan fingerprint density at radius 1 is 1.17 bits per heavy atom. The van der Waals surface area contributed by atoms with E-state index in [0.29, 0.717) is 5.75 Å². The fraction of sp³-hybridized carbons (Fsp3) is 0.591. The Hall–Kier alpha value is -1.07. The second kappa shape index (κ2) is 10.5. The van der Waals surface area contributed by atoms with E-state index < -0.39 is 22.2 Å². The van der Waals surface area contributed by atoms with Crippen LogP contribution in [0.25, 0.3) is 0 Å². The van der Waals surface area contributed by atoms with Gasteiger partial charge in [0, 0.05) is 23.5 Å². The molecule has 8 heteroatoms. The summed E-state index contributed by atoms with van der Waals surface area (Å²) < 4.78 is 23.8. The molecule has 1 aliphatic rings. The fourth-order valence-corrected chi connectivity index (χ4v) is 6.00. The van der Waals surface area contributed by atoms with Crippen molar-refractivity contribution in [1.82, 2.24) is 0 Å². The molecule has 0 bridgehead atoms. The van der Waals surface area contributed by atoms with Crippen LogP contribution < -0.4 is 0 Å². The van der Waals surface area contributed by atoms with Gasteiger partial charge in [0.25, 0.3) is 5.95 Å². The Kier molecular flexibility index (Phi) is 8.82. The molecule has 30 heavy (non-hydrogen) atoms. The van der Waals surface area contributed by atoms with Gasteiger partial charge in [-0.3, -0.25) is 4.79 Å². The number of thioether (sulfide) groups is 1. The smallest absolute Gasteiger partial charge is 0.268 e. The number of hydrogen-bond donors (Lipinski definition) is 0. The number of carbonyl (C=O) groups is 1. The van der Waals surface area contributed by atoms with Crippen LogP contribution in [0.4, 0.5) is 0 Å². The van der Waals surface area contributed by atoms with Crippen LogP contribution >= 0.6 is 11.8 Å². The molecule has 0 aromatic heterocycles. The summed E-state index contributed by atoms with van der Waals surface area (Å²) in [4.78, 5) is 14.1. The van der Waals surface area contributed by atoms with Crippen LogP contribution in [0.15, 0.2) is 47.2 Å². The lowest BCUT2D eigenvalue weighted by Gasteiger charge is -2.30. The largest absolute Gasteiger partial charge is 0.520 e. The van der Waals surface area contributed by atoms with Gasteiger partial charge in [0.1, 0.15) is 6.29 Å². The molecule has 0 N–H and O–H groups in total. The maximum atomic E-state index is 12.9. The zero-order chi connectivity index (χ0) is 22.4. The number of benzene rings is 1. The molecule has 0 radical (unpaired) electrons. The highest BCUT2D eigenvalue weighted by Crippen LogP contribution is 2.39. The SMILES string of the molecule is CO/C(=C/C(=O)CC1(CSc2ccccc2)CCC(O[Si](C)(C)C)O1)O[Si](C)(C)C. The second-order valence-electron chi connectivity index (χ2n) is 9.63. The summed E-state index contributed by atoms with van der Waals surface area (Å²) in [5.74, 6) is 0.935. The van der Waals surface area contributed by atoms with Crippen LogP contribution in [0, 0.1) is 0 Å². The Morgan fingerprint density at radius 2 is 1.83 bits per heavy atom. The Balaban J connectivity index is 2.14. The minimum absolute atomic E-state index is 0.0487. The van der Waals surface area contributed by atoms with E-state index in [1.54, 1.807) is 11.8 Å². The van der Waals surface area contributed by atoms with Crippen molar-refractivity contribution in [3.05, 3.63) is 42.4 Å². The van der Waals surface area contributed by atoms with E-state index in [1.165, 1.54) is 13.2 Å². The molecular weight excluding hydrogens is 432 g/mol. The molecule has 1 aromatic rings. The summed E-state index contributed by atoms with van der Waals surface area (Å²) in [5, 5.41) is 0. The van der Waals surface area contributed by atoms with Gasteiger partial charge in [-0.2, -0.15) is 0 Å². The minimum Gasteiger partial charge on any atom is -0.520 e. The number of allylic oxidation sites excluding steroid dienone is 1. The van der Waals surface area contributed by atoms with E-state index in [4.69, 9.17) is 18.3 Å². The van der Waals surface area contributed by atoms with Crippen LogP contribution in [-0.2, 0) is 23.1 Å². The highest BCUT2D eigenvalue weighted by atomic mass is 32.2. The topological polar surface area (TPSA) is 54.0 Å². The summed E-state index contributed by atoms with van der Waals surface area (Å²) in [6, 6.07) is 10.2. The third-order valence-electron chi connectivity index (χ3n) is 4.33. The van der Waals surface area contributed by atoms with Crippen molar-refractivity contribution >= 4 is 34.2 Å². The summed E-state index contributed by atoms with van der Waals surface area (Å²) in [5.41, 5.74) is -0.559. The molecule has 1 aliphatic heterocycles. The average Bonchev–Trinajstić information content (AvgIpc) is 3.00. The number of rotatable bonds is 11. The van der Waals surface area contributed by atoms with Gasteiger partial charge in [-0.15, -0.1) is 11.8 Å². The van der Waals surface area contributed by atoms with Crippen molar-refractivity contribution in [2.24, 2.45) is 0 Å². The van der Waals surface area contributed by atoms with E-state index in [0.717, 1.165) is 17.7 Å². The van der Waals surface area contributed by atoms with Crippen molar-refractivity contribution in [2.45, 2.75) is 75.3 Å². The predicted octanol–water partition coefficient (Wildman–Crippen LogP) is 5.80. The van der Waals surface area contributed by atoms with E-state index in [1.807, 2.05) is 18.2 Å². The lowest BCUT2D eigenvalue weighted by atomic mass is 9.95. The summed E-state index contributed by atoms with van der Waals surface area (Å²) >= 11 is 1.72. The maximum absolute atomic E-state index is 12.9. The molecular formula is C22H36O5SSi2. The Labute approximate surface area is 187 Å². The van der Waals surface area contributed by atoms with Crippen LogP contribution in [0.3, 0.4) is 0 Å². The van der Waals surface area contributed by atoms with E-state index in [2.05, 4.69) is 51.4 Å². The van der Waals surface area contributed by atoms with Gasteiger partial charge >= 0.3 is 0 Å². The molecule has 0 aliphatic carbocycles. The number of ketones is 1. The average molecular weight is 469 g/mol. The predicted molar refractivity (Wildman–Crippen MR) is 128 cm³/mol. The number of carbonyl (C=O) groups excluding carboxylic acids is 1. The first-order chi connectivity index (χ1) is 13.9. The highest BCUT2D eigenvalue weighted by Gasteiger charge is 2.43. The Morgan fingerprint density at radius 3 is 2.40 bits per heavy atom. The van der Waals surface area contributed by atoms with Crippen LogP contribution in [-0.4, -0.2) is 47.2 Å². The summed E-state index contributed by atoms with van der Waals surface area (Å²) in [7, 11) is -2.07. The lowest BCUT2D eigenvalue weighted by molar-refractivity contribution is -0.135. The minimum atomic E-state index is -1.86. The first-order valence-electron chi connectivity index (χ1n) is 10.4. The van der Waals surface area contributed by atoms with Gasteiger partial charge in [-0.25, -0.2) is 0 Å². The van der Waals surface area contributed by atoms with Gasteiger partial charge in [0.2, 0.25) is 8.32 Å². The van der Waals surface area contributed by atoms with Crippen LogP contribution in [0.2, 0.25) is 39.3 Å². The zero-order valence-corrected chi connectivity index (χ0v) is 22.1. The summed E-state index contributed by atoms with van der Waals surface area (Å²) in [6.45, 7) is 12.6. The van der Waals surface area contributed by atoms with Gasteiger partial charge < -0.3 is 18.3 Å². The number of methoxy groups -OCH3 is 1. The van der Waals surface area contributed by atoms with Crippen molar-refractivity contribution < 1.29 is 23.1 Å². The molecule has 1 fully saturated rings. The monoisotopic (exact) mass is 468 g/mol. The first-order valence-corrected chi connectivity index (χ1v) is 18.2. The Bertz CT molecular complexity index is 727. The number of ether oxygens (including phenoxy) is 2. The second-order valence-corrected chi connectivity index (χ2v) is 19.6. The molecule has 1 aromatic carbocycles. The molecule has 2 atom stereocenters. The maximum Gasteiger partial charge on any atom is 0.268 e. The molecule has 0 spiro atoms. The molecule has 1 heterocycles. The van der Waals surface area contributed by atoms with E-state index >= 15 is 0 Å². The quantitative estimate of drug-likeness (QED) is 0.177. The highest BCUT2D eigenvalue weighted by molar-refractivity contribution is 7.99. The number of hydrogen-bond acceptors (Lipinski definition) is 6. The zero-order valence-electron chi connectivity index (χ0n) is 19.3. The lowest BCUT2D eigenvalue weighted by Crippen LogP contribution is -2.38. The first kappa shape index (κ1) is 25.2.